The number of hydrogen-bond acceptors (Lipinski definition) is 4. The predicted octanol–water partition coefficient (Wildman–Crippen LogP) is 0.839. The molecule has 0 saturated heterocycles. The number of hydrogen-bond donors (Lipinski definition) is 3. The molecule has 0 amide bonds. The summed E-state index contributed by atoms with van der Waals surface area (Å²) in [5.41, 5.74) is 6.29. The Labute approximate surface area is 89.5 Å². The normalized spacial score (nSPS) is 18.5. The van der Waals surface area contributed by atoms with Crippen molar-refractivity contribution in [1.29, 1.82) is 0 Å². The van der Waals surface area contributed by atoms with Gasteiger partial charge in [0.25, 0.3) is 0 Å². The lowest BCUT2D eigenvalue weighted by Gasteiger charge is -2.27. The zero-order valence-corrected chi connectivity index (χ0v) is 8.69. The molecule has 1 aliphatic rings. The Hall–Kier alpha value is -1.13. The SMILES string of the molecule is Nc1ccc([C@@H](O)CNC2CCC2)cn1. The zero-order valence-electron chi connectivity index (χ0n) is 8.69. The van der Waals surface area contributed by atoms with Crippen LogP contribution in [0.1, 0.15) is 30.9 Å². The van der Waals surface area contributed by atoms with Crippen molar-refractivity contribution in [3.05, 3.63) is 23.9 Å². The summed E-state index contributed by atoms with van der Waals surface area (Å²) >= 11 is 0. The molecule has 4 N–H and O–H groups in total. The fourth-order valence-electron chi connectivity index (χ4n) is 1.62. The first-order valence-electron chi connectivity index (χ1n) is 5.38. The van der Waals surface area contributed by atoms with Crippen LogP contribution in [0.3, 0.4) is 0 Å². The lowest BCUT2D eigenvalue weighted by Crippen LogP contribution is -2.37. The van der Waals surface area contributed by atoms with Gasteiger partial charge < -0.3 is 16.2 Å². The fourth-order valence-corrected chi connectivity index (χ4v) is 1.62. The summed E-state index contributed by atoms with van der Waals surface area (Å²) < 4.78 is 0. The lowest BCUT2D eigenvalue weighted by atomic mass is 9.93. The summed E-state index contributed by atoms with van der Waals surface area (Å²) in [5, 5.41) is 13.2. The third-order valence-electron chi connectivity index (χ3n) is 2.90. The molecule has 0 aliphatic heterocycles. The third-order valence-corrected chi connectivity index (χ3v) is 2.90. The van der Waals surface area contributed by atoms with E-state index in [-0.39, 0.29) is 0 Å². The van der Waals surface area contributed by atoms with Crippen molar-refractivity contribution in [2.45, 2.75) is 31.4 Å². The molecule has 1 atom stereocenters. The number of nitrogens with two attached hydrogens (primary N) is 1. The maximum Gasteiger partial charge on any atom is 0.123 e. The highest BCUT2D eigenvalue weighted by atomic mass is 16.3. The van der Waals surface area contributed by atoms with E-state index in [1.54, 1.807) is 12.3 Å². The standard InChI is InChI=1S/C11H17N3O/c12-11-5-4-8(6-14-11)10(15)7-13-9-2-1-3-9/h4-6,9-10,13,15H,1-3,7H2,(H2,12,14)/t10-/m0/s1. The predicted molar refractivity (Wildman–Crippen MR) is 59.3 cm³/mol. The van der Waals surface area contributed by atoms with Crippen LogP contribution in [-0.4, -0.2) is 22.7 Å². The van der Waals surface area contributed by atoms with Gasteiger partial charge in [-0.3, -0.25) is 0 Å². The first-order valence-corrected chi connectivity index (χ1v) is 5.38. The Balaban J connectivity index is 1.83. The fraction of sp³-hybridized carbons (Fsp3) is 0.545. The van der Waals surface area contributed by atoms with Crippen LogP contribution in [0.15, 0.2) is 18.3 Å². The summed E-state index contributed by atoms with van der Waals surface area (Å²) in [4.78, 5) is 3.95. The van der Waals surface area contributed by atoms with Crippen LogP contribution in [0.2, 0.25) is 0 Å². The molecule has 1 saturated carbocycles. The maximum absolute atomic E-state index is 9.84. The first-order chi connectivity index (χ1) is 7.25. The van der Waals surface area contributed by atoms with Crippen molar-refractivity contribution in [1.82, 2.24) is 10.3 Å². The maximum atomic E-state index is 9.84. The van der Waals surface area contributed by atoms with Gasteiger partial charge in [-0.05, 0) is 18.9 Å². The molecule has 0 aromatic carbocycles. The van der Waals surface area contributed by atoms with Crippen molar-refractivity contribution in [2.75, 3.05) is 12.3 Å². The minimum atomic E-state index is -0.487. The highest BCUT2D eigenvalue weighted by Gasteiger charge is 2.18. The monoisotopic (exact) mass is 207 g/mol. The van der Waals surface area contributed by atoms with E-state index in [0.717, 1.165) is 5.56 Å². The van der Waals surface area contributed by atoms with Gasteiger partial charge in [0.05, 0.1) is 6.10 Å². The van der Waals surface area contributed by atoms with E-state index < -0.39 is 6.10 Å². The average Bonchev–Trinajstić information content (AvgIpc) is 2.16. The lowest BCUT2D eigenvalue weighted by molar-refractivity contribution is 0.161. The van der Waals surface area contributed by atoms with Crippen molar-refractivity contribution in [3.8, 4) is 0 Å². The third kappa shape index (κ3) is 2.67. The molecule has 1 aliphatic carbocycles. The van der Waals surface area contributed by atoms with E-state index in [4.69, 9.17) is 5.73 Å². The number of anilines is 1. The van der Waals surface area contributed by atoms with E-state index in [2.05, 4.69) is 10.3 Å². The highest BCUT2D eigenvalue weighted by Crippen LogP contribution is 2.19. The second kappa shape index (κ2) is 4.59. The molecule has 1 aromatic rings. The van der Waals surface area contributed by atoms with Gasteiger partial charge in [-0.2, -0.15) is 0 Å². The van der Waals surface area contributed by atoms with Crippen LogP contribution in [-0.2, 0) is 0 Å². The van der Waals surface area contributed by atoms with E-state index >= 15 is 0 Å². The molecule has 0 unspecified atom stereocenters. The summed E-state index contributed by atoms with van der Waals surface area (Å²) in [6.07, 6.45) is 4.90. The number of aliphatic hydroxyl groups excluding tert-OH is 1. The molecule has 82 valence electrons. The smallest absolute Gasteiger partial charge is 0.123 e. The number of pyridine rings is 1. The molecule has 0 spiro atoms. The largest absolute Gasteiger partial charge is 0.387 e. The van der Waals surface area contributed by atoms with Gasteiger partial charge in [0, 0.05) is 24.3 Å². The van der Waals surface area contributed by atoms with Gasteiger partial charge in [-0.15, -0.1) is 0 Å². The molecule has 1 heterocycles. The Morgan fingerprint density at radius 1 is 1.53 bits per heavy atom. The zero-order chi connectivity index (χ0) is 10.7. The van der Waals surface area contributed by atoms with Crippen molar-refractivity contribution in [2.24, 2.45) is 0 Å². The van der Waals surface area contributed by atoms with Crippen molar-refractivity contribution < 1.29 is 5.11 Å². The van der Waals surface area contributed by atoms with Gasteiger partial charge in [0.2, 0.25) is 0 Å². The summed E-state index contributed by atoms with van der Waals surface area (Å²) in [6.45, 7) is 0.594. The van der Waals surface area contributed by atoms with Gasteiger partial charge in [-0.1, -0.05) is 12.5 Å². The molecule has 1 aromatic heterocycles. The van der Waals surface area contributed by atoms with E-state index in [1.807, 2.05) is 6.07 Å². The summed E-state index contributed by atoms with van der Waals surface area (Å²) in [6, 6.07) is 4.12. The average molecular weight is 207 g/mol. The molecule has 0 bridgehead atoms. The van der Waals surface area contributed by atoms with E-state index in [9.17, 15) is 5.11 Å². The van der Waals surface area contributed by atoms with Crippen LogP contribution in [0.4, 0.5) is 5.82 Å². The molecular formula is C11H17N3O. The number of aromatic nitrogens is 1. The number of rotatable bonds is 4. The first kappa shape index (κ1) is 10.4. The highest BCUT2D eigenvalue weighted by molar-refractivity contribution is 5.30. The molecule has 4 nitrogen and oxygen atoms in total. The topological polar surface area (TPSA) is 71.2 Å². The minimum Gasteiger partial charge on any atom is -0.387 e. The van der Waals surface area contributed by atoms with Gasteiger partial charge in [-0.25, -0.2) is 4.98 Å². The number of nitrogens with one attached hydrogen (secondary N) is 1. The second-order valence-corrected chi connectivity index (χ2v) is 4.07. The molecule has 2 rings (SSSR count). The number of nitrogens with zero attached hydrogens (tertiary/aromatic N) is 1. The van der Waals surface area contributed by atoms with Gasteiger partial charge >= 0.3 is 0 Å². The van der Waals surface area contributed by atoms with Crippen LogP contribution in [0.25, 0.3) is 0 Å². The van der Waals surface area contributed by atoms with Gasteiger partial charge in [0.1, 0.15) is 5.82 Å². The van der Waals surface area contributed by atoms with Crippen LogP contribution < -0.4 is 11.1 Å². The van der Waals surface area contributed by atoms with E-state index in [1.165, 1.54) is 19.3 Å². The van der Waals surface area contributed by atoms with Crippen LogP contribution in [0.5, 0.6) is 0 Å². The Morgan fingerprint density at radius 3 is 2.87 bits per heavy atom. The quantitative estimate of drug-likeness (QED) is 0.684. The minimum absolute atomic E-state index is 0.484. The number of aliphatic hydroxyl groups is 1. The Morgan fingerprint density at radius 2 is 2.33 bits per heavy atom. The van der Waals surface area contributed by atoms with Crippen LogP contribution >= 0.6 is 0 Å². The van der Waals surface area contributed by atoms with E-state index in [0.29, 0.717) is 18.4 Å². The molecule has 1 fully saturated rings. The Bertz CT molecular complexity index is 308. The Kier molecular flexibility index (Phi) is 3.18. The molecule has 15 heavy (non-hydrogen) atoms. The molecule has 0 radical (unpaired) electrons. The summed E-state index contributed by atoms with van der Waals surface area (Å²) in [5.74, 6) is 0.484. The molecular weight excluding hydrogens is 190 g/mol. The van der Waals surface area contributed by atoms with Crippen molar-refractivity contribution >= 4 is 5.82 Å². The van der Waals surface area contributed by atoms with Gasteiger partial charge in [0.15, 0.2) is 0 Å². The summed E-state index contributed by atoms with van der Waals surface area (Å²) in [7, 11) is 0. The second-order valence-electron chi connectivity index (χ2n) is 4.07. The number of nitrogen functional groups attached to an aromatic ring is 1. The van der Waals surface area contributed by atoms with Crippen molar-refractivity contribution in [3.63, 3.8) is 0 Å². The molecule has 4 heteroatoms. The van der Waals surface area contributed by atoms with Crippen LogP contribution in [0, 0.1) is 0 Å².